The molecule has 0 bridgehead atoms. The van der Waals surface area contributed by atoms with E-state index in [1.807, 2.05) is 30.3 Å². The SMILES string of the molecule is O=C(CN1C(=O)COc2ccc(S(=O)(=O)NC3CCCC3)cc21)N1CCN(c2ccccc2)CC1. The number of ether oxygens (including phenoxy) is 1. The van der Waals surface area contributed by atoms with Gasteiger partial charge < -0.3 is 14.5 Å². The quantitative estimate of drug-likeness (QED) is 0.654. The fourth-order valence-corrected chi connectivity index (χ4v) is 6.27. The van der Waals surface area contributed by atoms with E-state index in [4.69, 9.17) is 4.74 Å². The second-order valence-corrected chi connectivity index (χ2v) is 10.9. The van der Waals surface area contributed by atoms with Crippen LogP contribution in [0.4, 0.5) is 11.4 Å². The molecule has 186 valence electrons. The minimum absolute atomic E-state index is 0.0652. The summed E-state index contributed by atoms with van der Waals surface area (Å²) in [4.78, 5) is 31.2. The first-order chi connectivity index (χ1) is 16.9. The molecular formula is C25H30N4O5S. The number of fused-ring (bicyclic) bond motifs is 1. The summed E-state index contributed by atoms with van der Waals surface area (Å²) in [5, 5.41) is 0. The second kappa shape index (κ2) is 9.87. The minimum atomic E-state index is -3.74. The molecular weight excluding hydrogens is 468 g/mol. The number of para-hydroxylation sites is 1. The second-order valence-electron chi connectivity index (χ2n) is 9.20. The van der Waals surface area contributed by atoms with E-state index >= 15 is 0 Å². The van der Waals surface area contributed by atoms with Crippen molar-refractivity contribution in [3.8, 4) is 5.75 Å². The fraction of sp³-hybridized carbons (Fsp3) is 0.440. The van der Waals surface area contributed by atoms with Gasteiger partial charge in [-0.25, -0.2) is 13.1 Å². The minimum Gasteiger partial charge on any atom is -0.482 e. The zero-order chi connectivity index (χ0) is 24.4. The van der Waals surface area contributed by atoms with Crippen molar-refractivity contribution < 1.29 is 22.7 Å². The number of sulfonamides is 1. The van der Waals surface area contributed by atoms with Gasteiger partial charge in [0.15, 0.2) is 6.61 Å². The van der Waals surface area contributed by atoms with Gasteiger partial charge in [-0.1, -0.05) is 31.0 Å². The predicted octanol–water partition coefficient (Wildman–Crippen LogP) is 1.98. The Morgan fingerprint density at radius 3 is 2.43 bits per heavy atom. The lowest BCUT2D eigenvalue weighted by Crippen LogP contribution is -2.53. The van der Waals surface area contributed by atoms with Crippen LogP contribution >= 0.6 is 0 Å². The van der Waals surface area contributed by atoms with Gasteiger partial charge in [-0.15, -0.1) is 0 Å². The molecule has 0 aromatic heterocycles. The van der Waals surface area contributed by atoms with E-state index in [0.717, 1.165) is 31.4 Å². The summed E-state index contributed by atoms with van der Waals surface area (Å²) in [5.41, 5.74) is 1.43. The Kier molecular flexibility index (Phi) is 6.66. The Labute approximate surface area is 205 Å². The Bertz CT molecular complexity index is 1190. The van der Waals surface area contributed by atoms with Crippen LogP contribution < -0.4 is 19.3 Å². The highest BCUT2D eigenvalue weighted by molar-refractivity contribution is 7.89. The number of nitrogens with zero attached hydrogens (tertiary/aromatic N) is 3. The summed E-state index contributed by atoms with van der Waals surface area (Å²) in [6, 6.07) is 14.5. The number of amides is 2. The molecule has 2 heterocycles. The highest BCUT2D eigenvalue weighted by atomic mass is 32.2. The molecule has 3 aliphatic rings. The van der Waals surface area contributed by atoms with Crippen LogP contribution in [-0.4, -0.2) is 70.5 Å². The van der Waals surface area contributed by atoms with Gasteiger partial charge in [-0.3, -0.25) is 14.5 Å². The molecule has 2 aromatic carbocycles. The molecule has 0 unspecified atom stereocenters. The maximum absolute atomic E-state index is 13.1. The van der Waals surface area contributed by atoms with Gasteiger partial charge in [0.25, 0.3) is 5.91 Å². The normalized spacial score (nSPS) is 19.0. The van der Waals surface area contributed by atoms with E-state index in [0.29, 0.717) is 37.6 Å². The summed E-state index contributed by atoms with van der Waals surface area (Å²) in [5.74, 6) is -0.144. The summed E-state index contributed by atoms with van der Waals surface area (Å²) < 4.78 is 34.2. The summed E-state index contributed by atoms with van der Waals surface area (Å²) in [6.07, 6.45) is 3.66. The molecule has 1 saturated heterocycles. The molecule has 5 rings (SSSR count). The van der Waals surface area contributed by atoms with E-state index in [1.165, 1.54) is 17.0 Å². The smallest absolute Gasteiger partial charge is 0.265 e. The van der Waals surface area contributed by atoms with Crippen molar-refractivity contribution in [2.24, 2.45) is 0 Å². The highest BCUT2D eigenvalue weighted by Crippen LogP contribution is 2.34. The number of piperazine rings is 1. The van der Waals surface area contributed by atoms with Crippen LogP contribution in [0.15, 0.2) is 53.4 Å². The lowest BCUT2D eigenvalue weighted by molar-refractivity contribution is -0.132. The van der Waals surface area contributed by atoms with Gasteiger partial charge in [0.2, 0.25) is 15.9 Å². The average molecular weight is 499 g/mol. The van der Waals surface area contributed by atoms with E-state index in [2.05, 4.69) is 9.62 Å². The molecule has 1 N–H and O–H groups in total. The fourth-order valence-electron chi connectivity index (χ4n) is 4.94. The Hall–Kier alpha value is -3.11. The number of carbonyl (C=O) groups excluding carboxylic acids is 2. The van der Waals surface area contributed by atoms with Crippen LogP contribution in [0.25, 0.3) is 0 Å². The van der Waals surface area contributed by atoms with Crippen LogP contribution in [0.1, 0.15) is 25.7 Å². The van der Waals surface area contributed by atoms with Gasteiger partial charge in [0, 0.05) is 37.9 Å². The Morgan fingerprint density at radius 2 is 1.71 bits per heavy atom. The maximum Gasteiger partial charge on any atom is 0.265 e. The molecule has 35 heavy (non-hydrogen) atoms. The van der Waals surface area contributed by atoms with Crippen LogP contribution in [-0.2, 0) is 19.6 Å². The van der Waals surface area contributed by atoms with Crippen LogP contribution in [0.3, 0.4) is 0 Å². The summed E-state index contributed by atoms with van der Waals surface area (Å²) in [7, 11) is -3.74. The first kappa shape index (κ1) is 23.6. The van der Waals surface area contributed by atoms with Gasteiger partial charge >= 0.3 is 0 Å². The zero-order valence-corrected chi connectivity index (χ0v) is 20.4. The monoisotopic (exact) mass is 498 g/mol. The summed E-state index contributed by atoms with van der Waals surface area (Å²) >= 11 is 0. The molecule has 1 aliphatic carbocycles. The number of nitrogens with one attached hydrogen (secondary N) is 1. The molecule has 2 aromatic rings. The van der Waals surface area contributed by atoms with Crippen molar-refractivity contribution in [3.63, 3.8) is 0 Å². The predicted molar refractivity (Wildman–Crippen MR) is 132 cm³/mol. The van der Waals surface area contributed by atoms with Crippen LogP contribution in [0.2, 0.25) is 0 Å². The molecule has 10 heteroatoms. The van der Waals surface area contributed by atoms with Crippen molar-refractivity contribution in [2.75, 3.05) is 49.1 Å². The van der Waals surface area contributed by atoms with E-state index in [9.17, 15) is 18.0 Å². The van der Waals surface area contributed by atoms with Crippen molar-refractivity contribution >= 4 is 33.2 Å². The average Bonchev–Trinajstić information content (AvgIpc) is 3.38. The number of rotatable bonds is 6. The Morgan fingerprint density at radius 1 is 1.00 bits per heavy atom. The molecule has 0 radical (unpaired) electrons. The van der Waals surface area contributed by atoms with Crippen molar-refractivity contribution in [2.45, 2.75) is 36.6 Å². The molecule has 2 fully saturated rings. The third-order valence-corrected chi connectivity index (χ3v) is 8.43. The molecule has 0 spiro atoms. The number of benzene rings is 2. The van der Waals surface area contributed by atoms with Gasteiger partial charge in [0.1, 0.15) is 12.3 Å². The highest BCUT2D eigenvalue weighted by Gasteiger charge is 2.32. The molecule has 2 amide bonds. The molecule has 2 aliphatic heterocycles. The van der Waals surface area contributed by atoms with E-state index in [-0.39, 0.29) is 35.9 Å². The number of hydrogen-bond acceptors (Lipinski definition) is 6. The zero-order valence-electron chi connectivity index (χ0n) is 19.6. The first-order valence-corrected chi connectivity index (χ1v) is 13.6. The standard InChI is InChI=1S/C25H30N4O5S/c30-24(28-14-12-27(13-15-28)20-8-2-1-3-9-20)17-29-22-16-21(10-11-23(22)34-18-25(29)31)35(32,33)26-19-6-4-5-7-19/h1-3,8-11,16,19,26H,4-7,12-15,17-18H2. The molecule has 1 saturated carbocycles. The van der Waals surface area contributed by atoms with Gasteiger partial charge in [0.05, 0.1) is 10.6 Å². The van der Waals surface area contributed by atoms with Crippen molar-refractivity contribution in [1.82, 2.24) is 9.62 Å². The topological polar surface area (TPSA) is 99.3 Å². The van der Waals surface area contributed by atoms with Crippen molar-refractivity contribution in [1.29, 1.82) is 0 Å². The van der Waals surface area contributed by atoms with E-state index in [1.54, 1.807) is 11.0 Å². The van der Waals surface area contributed by atoms with Gasteiger partial charge in [-0.05, 0) is 43.2 Å². The van der Waals surface area contributed by atoms with Crippen LogP contribution in [0, 0.1) is 0 Å². The number of carbonyl (C=O) groups is 2. The molecule has 0 atom stereocenters. The number of hydrogen-bond donors (Lipinski definition) is 1. The largest absolute Gasteiger partial charge is 0.482 e. The van der Waals surface area contributed by atoms with Crippen molar-refractivity contribution in [3.05, 3.63) is 48.5 Å². The number of anilines is 2. The Balaban J connectivity index is 1.29. The first-order valence-electron chi connectivity index (χ1n) is 12.1. The third kappa shape index (κ3) is 5.13. The maximum atomic E-state index is 13.1. The lowest BCUT2D eigenvalue weighted by atomic mass is 10.2. The summed E-state index contributed by atoms with van der Waals surface area (Å²) in [6.45, 7) is 2.18. The van der Waals surface area contributed by atoms with E-state index < -0.39 is 10.0 Å². The third-order valence-electron chi connectivity index (χ3n) is 6.91. The lowest BCUT2D eigenvalue weighted by Gasteiger charge is -2.37. The van der Waals surface area contributed by atoms with Crippen LogP contribution in [0.5, 0.6) is 5.75 Å². The van der Waals surface area contributed by atoms with Gasteiger partial charge in [-0.2, -0.15) is 0 Å². The molecule has 9 nitrogen and oxygen atoms in total.